The van der Waals surface area contributed by atoms with Crippen LogP contribution in [0.2, 0.25) is 0 Å². The van der Waals surface area contributed by atoms with E-state index in [9.17, 15) is 43.2 Å². The van der Waals surface area contributed by atoms with E-state index in [0.29, 0.717) is 25.7 Å². The van der Waals surface area contributed by atoms with Gasteiger partial charge in [-0.1, -0.05) is 338 Å². The normalized spacial score (nSPS) is 15.0. The maximum Gasteiger partial charge on any atom is 0.472 e. The van der Waals surface area contributed by atoms with Crippen LogP contribution in [0.4, 0.5) is 0 Å². The zero-order chi connectivity index (χ0) is 71.0. The summed E-state index contributed by atoms with van der Waals surface area (Å²) in [6, 6.07) is 0. The molecule has 0 aromatic heterocycles. The summed E-state index contributed by atoms with van der Waals surface area (Å²) in [5.41, 5.74) is 0. The van der Waals surface area contributed by atoms with Gasteiger partial charge < -0.3 is 33.8 Å². The number of esters is 4. The van der Waals surface area contributed by atoms with Crippen molar-refractivity contribution in [2.75, 3.05) is 39.6 Å². The van der Waals surface area contributed by atoms with Crippen LogP contribution in [0.25, 0.3) is 0 Å². The first-order valence-corrected chi connectivity index (χ1v) is 42.8. The minimum Gasteiger partial charge on any atom is -0.462 e. The van der Waals surface area contributed by atoms with E-state index in [4.69, 9.17) is 37.0 Å². The van der Waals surface area contributed by atoms with E-state index in [1.54, 1.807) is 0 Å². The van der Waals surface area contributed by atoms with Crippen LogP contribution in [0, 0.1) is 23.7 Å². The number of phosphoric acid groups is 2. The Morgan fingerprint density at radius 2 is 0.500 bits per heavy atom. The van der Waals surface area contributed by atoms with Gasteiger partial charge in [-0.05, 0) is 49.4 Å². The third-order valence-electron chi connectivity index (χ3n) is 18.9. The van der Waals surface area contributed by atoms with Gasteiger partial charge in [-0.2, -0.15) is 0 Å². The molecular weight excluding hydrogens is 1260 g/mol. The Balaban J connectivity index is 5.25. The molecule has 570 valence electrons. The van der Waals surface area contributed by atoms with Crippen molar-refractivity contribution in [3.63, 3.8) is 0 Å². The predicted molar refractivity (Wildman–Crippen MR) is 391 cm³/mol. The van der Waals surface area contributed by atoms with Crippen molar-refractivity contribution in [2.24, 2.45) is 23.7 Å². The SMILES string of the molecule is CCC(C)CCCCCCCCCCCCC(=O)OC[C@H](COP(=O)(O)OC[C@@H](O)COP(=O)(O)OC[C@@H](COC(=O)CCCCCCCCC(C)CC)OC(=O)CCCCCCCCCCCCCCCCCC(C)C)OC(=O)CCCCCCCCCCCCC(C)CC. The number of carbonyl (C=O) groups excluding carboxylic acids is 4. The van der Waals surface area contributed by atoms with E-state index in [0.717, 1.165) is 120 Å². The second-order valence-electron chi connectivity index (χ2n) is 28.9. The molecule has 0 fully saturated rings. The first kappa shape index (κ1) is 94.1. The number of aliphatic hydroxyl groups is 1. The summed E-state index contributed by atoms with van der Waals surface area (Å²) in [5, 5.41) is 10.6. The van der Waals surface area contributed by atoms with Crippen molar-refractivity contribution in [1.82, 2.24) is 0 Å². The molecule has 0 saturated heterocycles. The monoisotopic (exact) mass is 1410 g/mol. The molecule has 0 heterocycles. The van der Waals surface area contributed by atoms with Crippen LogP contribution in [0.5, 0.6) is 0 Å². The molecule has 8 atom stereocenters. The Labute approximate surface area is 588 Å². The van der Waals surface area contributed by atoms with Gasteiger partial charge in [-0.25, -0.2) is 9.13 Å². The molecule has 0 aliphatic heterocycles. The van der Waals surface area contributed by atoms with Gasteiger partial charge in [0.25, 0.3) is 0 Å². The molecule has 96 heavy (non-hydrogen) atoms. The molecule has 0 rings (SSSR count). The quantitative estimate of drug-likeness (QED) is 0.0222. The lowest BCUT2D eigenvalue weighted by Crippen LogP contribution is -2.30. The zero-order valence-electron chi connectivity index (χ0n) is 63.0. The van der Waals surface area contributed by atoms with Crippen LogP contribution >= 0.6 is 15.6 Å². The molecule has 3 N–H and O–H groups in total. The molecule has 0 saturated carbocycles. The second kappa shape index (κ2) is 66.3. The zero-order valence-corrected chi connectivity index (χ0v) is 64.8. The summed E-state index contributed by atoms with van der Waals surface area (Å²) < 4.78 is 68.6. The number of unbranched alkanes of at least 4 members (excludes halogenated alkanes) is 37. The molecule has 0 bridgehead atoms. The van der Waals surface area contributed by atoms with Crippen molar-refractivity contribution in [3.8, 4) is 0 Å². The van der Waals surface area contributed by atoms with Gasteiger partial charge in [-0.15, -0.1) is 0 Å². The number of hydrogen-bond donors (Lipinski definition) is 3. The van der Waals surface area contributed by atoms with Gasteiger partial charge in [0.1, 0.15) is 19.3 Å². The number of rotatable bonds is 74. The van der Waals surface area contributed by atoms with Crippen LogP contribution in [-0.2, 0) is 65.4 Å². The van der Waals surface area contributed by atoms with Gasteiger partial charge in [0.15, 0.2) is 12.2 Å². The van der Waals surface area contributed by atoms with Crippen LogP contribution in [0.1, 0.15) is 389 Å². The molecule has 5 unspecified atom stereocenters. The molecule has 17 nitrogen and oxygen atoms in total. The summed E-state index contributed by atoms with van der Waals surface area (Å²) in [4.78, 5) is 72.9. The smallest absolute Gasteiger partial charge is 0.462 e. The maximum atomic E-state index is 13.1. The molecule has 0 spiro atoms. The fourth-order valence-electron chi connectivity index (χ4n) is 11.6. The van der Waals surface area contributed by atoms with Crippen molar-refractivity contribution >= 4 is 39.5 Å². The standard InChI is InChI=1S/C77H150O17P2/c1-9-68(6)54-46-38-30-24-19-21-26-32-41-49-57-74(79)87-63-72(93-77(82)60-52-44-34-28-22-20-25-31-39-47-55-69(7)10-2)65-91-95(83,84)89-61-71(78)62-90-96(85,86)92-66-73(64-88-75(80)58-50-42-36-35-40-48-56-70(8)11-3)94-76(81)59-51-43-33-27-18-16-14-12-13-15-17-23-29-37-45-53-67(4)5/h67-73,78H,9-66H2,1-8H3,(H,83,84)(H,85,86)/t68?,69?,70?,71-,72-,73-/m1/s1. The Morgan fingerprint density at radius 1 is 0.292 bits per heavy atom. The maximum absolute atomic E-state index is 13.1. The first-order chi connectivity index (χ1) is 46.2. The van der Waals surface area contributed by atoms with E-state index in [1.807, 2.05) is 0 Å². The molecular formula is C77H150O17P2. The number of aliphatic hydroxyl groups excluding tert-OH is 1. The van der Waals surface area contributed by atoms with E-state index >= 15 is 0 Å². The summed E-state index contributed by atoms with van der Waals surface area (Å²) >= 11 is 0. The fourth-order valence-corrected chi connectivity index (χ4v) is 13.2. The predicted octanol–water partition coefficient (Wildman–Crippen LogP) is 22.4. The van der Waals surface area contributed by atoms with E-state index in [1.165, 1.54) is 186 Å². The number of phosphoric ester groups is 2. The number of hydrogen-bond acceptors (Lipinski definition) is 15. The van der Waals surface area contributed by atoms with Gasteiger partial charge in [0.05, 0.1) is 26.4 Å². The van der Waals surface area contributed by atoms with Crippen molar-refractivity contribution in [2.45, 2.75) is 408 Å². The third kappa shape index (κ3) is 66.6. The fraction of sp³-hybridized carbons (Fsp3) is 0.948. The average molecular weight is 1410 g/mol. The van der Waals surface area contributed by atoms with Gasteiger partial charge in [-0.3, -0.25) is 37.3 Å². The average Bonchev–Trinajstić information content (AvgIpc) is 1.14. The first-order valence-electron chi connectivity index (χ1n) is 39.8. The molecule has 0 aliphatic rings. The Bertz CT molecular complexity index is 1890. The number of carbonyl (C=O) groups is 4. The topological polar surface area (TPSA) is 237 Å². The van der Waals surface area contributed by atoms with Gasteiger partial charge in [0, 0.05) is 25.7 Å². The van der Waals surface area contributed by atoms with Crippen molar-refractivity contribution in [1.29, 1.82) is 0 Å². The van der Waals surface area contributed by atoms with Crippen molar-refractivity contribution < 1.29 is 80.2 Å². The second-order valence-corrected chi connectivity index (χ2v) is 31.9. The van der Waals surface area contributed by atoms with E-state index in [2.05, 4.69) is 55.4 Å². The van der Waals surface area contributed by atoms with E-state index < -0.39 is 97.5 Å². The van der Waals surface area contributed by atoms with Gasteiger partial charge in [0.2, 0.25) is 0 Å². The largest absolute Gasteiger partial charge is 0.472 e. The third-order valence-corrected chi connectivity index (χ3v) is 20.8. The van der Waals surface area contributed by atoms with Crippen LogP contribution in [0.15, 0.2) is 0 Å². The highest BCUT2D eigenvalue weighted by Gasteiger charge is 2.30. The van der Waals surface area contributed by atoms with E-state index in [-0.39, 0.29) is 25.7 Å². The van der Waals surface area contributed by atoms with Crippen LogP contribution < -0.4 is 0 Å². The highest BCUT2D eigenvalue weighted by molar-refractivity contribution is 7.47. The Kier molecular flexibility index (Phi) is 65.0. The summed E-state index contributed by atoms with van der Waals surface area (Å²) in [6.45, 7) is 14.3. The summed E-state index contributed by atoms with van der Waals surface area (Å²) in [5.74, 6) is 1.03. The molecule has 0 aliphatic carbocycles. The minimum atomic E-state index is -4.96. The lowest BCUT2D eigenvalue weighted by molar-refractivity contribution is -0.161. The summed E-state index contributed by atoms with van der Waals surface area (Å²) in [7, 11) is -9.92. The lowest BCUT2D eigenvalue weighted by Gasteiger charge is -2.21. The van der Waals surface area contributed by atoms with Crippen LogP contribution in [-0.4, -0.2) is 96.7 Å². The lowest BCUT2D eigenvalue weighted by atomic mass is 9.99. The highest BCUT2D eigenvalue weighted by Crippen LogP contribution is 2.45. The number of ether oxygens (including phenoxy) is 4. The Morgan fingerprint density at radius 3 is 0.740 bits per heavy atom. The molecule has 0 aromatic carbocycles. The van der Waals surface area contributed by atoms with Gasteiger partial charge >= 0.3 is 39.5 Å². The molecule has 19 heteroatoms. The summed E-state index contributed by atoms with van der Waals surface area (Å²) in [6.07, 6.45) is 51.2. The van der Waals surface area contributed by atoms with Crippen LogP contribution in [0.3, 0.4) is 0 Å². The Hall–Kier alpha value is -1.94. The molecule has 0 amide bonds. The molecule has 0 radical (unpaired) electrons. The molecule has 0 aromatic rings. The van der Waals surface area contributed by atoms with Crippen molar-refractivity contribution in [3.05, 3.63) is 0 Å². The highest BCUT2D eigenvalue weighted by atomic mass is 31.2. The minimum absolute atomic E-state index is 0.106.